The summed E-state index contributed by atoms with van der Waals surface area (Å²) in [4.78, 5) is 11.7. The number of rotatable bonds is 6. The fourth-order valence-corrected chi connectivity index (χ4v) is 1.45. The Morgan fingerprint density at radius 1 is 1.42 bits per heavy atom. The average molecular weight is 278 g/mol. The second-order valence-electron chi connectivity index (χ2n) is 3.93. The summed E-state index contributed by atoms with van der Waals surface area (Å²) >= 11 is 5.76. The number of carbonyl (C=O) groups excluding carboxylic acids is 1. The molecule has 19 heavy (non-hydrogen) atoms. The van der Waals surface area contributed by atoms with E-state index in [-0.39, 0.29) is 11.5 Å². The van der Waals surface area contributed by atoms with Crippen molar-refractivity contribution in [2.75, 3.05) is 11.9 Å². The highest BCUT2D eigenvalue weighted by Gasteiger charge is 2.07. The van der Waals surface area contributed by atoms with E-state index in [9.17, 15) is 4.79 Å². The first-order valence-corrected chi connectivity index (χ1v) is 6.45. The molecule has 1 aromatic rings. The van der Waals surface area contributed by atoms with Crippen LogP contribution in [-0.2, 0) is 4.79 Å². The van der Waals surface area contributed by atoms with Crippen molar-refractivity contribution in [1.82, 2.24) is 5.32 Å². The van der Waals surface area contributed by atoms with Gasteiger partial charge < -0.3 is 10.6 Å². The summed E-state index contributed by atoms with van der Waals surface area (Å²) in [7, 11) is 0. The monoisotopic (exact) mass is 277 g/mol. The number of hydrogen-bond donors (Lipinski definition) is 2. The highest BCUT2D eigenvalue weighted by atomic mass is 35.5. The van der Waals surface area contributed by atoms with Gasteiger partial charge in [0.2, 0.25) is 0 Å². The molecule has 0 aliphatic rings. The van der Waals surface area contributed by atoms with Gasteiger partial charge in [0.25, 0.3) is 5.91 Å². The standard InChI is InChI=1S/C14H16ClN3O/c1-2-3-8-17-14(19)11(9-16)10-18-13-6-4-12(15)5-7-13/h4-7,10,18H,2-3,8H2,1H3,(H,17,19)/b11-10-. The number of carbonyl (C=O) groups is 1. The first kappa shape index (κ1) is 15.1. The highest BCUT2D eigenvalue weighted by Crippen LogP contribution is 2.13. The lowest BCUT2D eigenvalue weighted by molar-refractivity contribution is -0.117. The molecule has 0 bridgehead atoms. The number of amides is 1. The average Bonchev–Trinajstić information content (AvgIpc) is 2.42. The summed E-state index contributed by atoms with van der Waals surface area (Å²) in [5.41, 5.74) is 0.810. The minimum atomic E-state index is -0.364. The second kappa shape index (κ2) is 8.17. The molecular weight excluding hydrogens is 262 g/mol. The molecule has 1 rings (SSSR count). The van der Waals surface area contributed by atoms with E-state index in [0.717, 1.165) is 18.5 Å². The van der Waals surface area contributed by atoms with Crippen molar-refractivity contribution >= 4 is 23.2 Å². The van der Waals surface area contributed by atoms with Crippen LogP contribution in [-0.4, -0.2) is 12.5 Å². The van der Waals surface area contributed by atoms with Gasteiger partial charge in [0.1, 0.15) is 11.6 Å². The van der Waals surface area contributed by atoms with Crippen LogP contribution >= 0.6 is 11.6 Å². The predicted molar refractivity (Wildman–Crippen MR) is 76.7 cm³/mol. The van der Waals surface area contributed by atoms with Gasteiger partial charge in [-0.1, -0.05) is 24.9 Å². The number of halogens is 1. The van der Waals surface area contributed by atoms with Crippen molar-refractivity contribution in [3.8, 4) is 6.07 Å². The predicted octanol–water partition coefficient (Wildman–Crippen LogP) is 3.08. The lowest BCUT2D eigenvalue weighted by atomic mass is 10.2. The quantitative estimate of drug-likeness (QED) is 0.477. The Morgan fingerprint density at radius 3 is 2.68 bits per heavy atom. The molecule has 0 fully saturated rings. The van der Waals surface area contributed by atoms with Crippen LogP contribution in [0.2, 0.25) is 5.02 Å². The molecule has 0 atom stereocenters. The molecule has 0 heterocycles. The van der Waals surface area contributed by atoms with Crippen molar-refractivity contribution in [3.63, 3.8) is 0 Å². The lowest BCUT2D eigenvalue weighted by Crippen LogP contribution is -2.25. The maximum Gasteiger partial charge on any atom is 0.263 e. The van der Waals surface area contributed by atoms with Gasteiger partial charge in [0.05, 0.1) is 0 Å². The van der Waals surface area contributed by atoms with Gasteiger partial charge in [-0.05, 0) is 30.7 Å². The largest absolute Gasteiger partial charge is 0.360 e. The third kappa shape index (κ3) is 5.45. The van der Waals surface area contributed by atoms with E-state index in [1.54, 1.807) is 24.3 Å². The number of nitriles is 1. The van der Waals surface area contributed by atoms with Gasteiger partial charge in [0, 0.05) is 23.5 Å². The van der Waals surface area contributed by atoms with E-state index < -0.39 is 0 Å². The Hall–Kier alpha value is -1.99. The molecule has 2 N–H and O–H groups in total. The lowest BCUT2D eigenvalue weighted by Gasteiger charge is -2.04. The van der Waals surface area contributed by atoms with Crippen LogP contribution in [0.1, 0.15) is 19.8 Å². The molecule has 0 saturated heterocycles. The topological polar surface area (TPSA) is 64.9 Å². The SMILES string of the molecule is CCCCNC(=O)/C(C#N)=C\Nc1ccc(Cl)cc1. The van der Waals surface area contributed by atoms with Crippen LogP contribution in [0.15, 0.2) is 36.0 Å². The van der Waals surface area contributed by atoms with Gasteiger partial charge in [-0.15, -0.1) is 0 Å². The van der Waals surface area contributed by atoms with Crippen LogP contribution in [0, 0.1) is 11.3 Å². The Morgan fingerprint density at radius 2 is 2.11 bits per heavy atom. The summed E-state index contributed by atoms with van der Waals surface area (Å²) < 4.78 is 0. The third-order valence-electron chi connectivity index (χ3n) is 2.41. The maximum absolute atomic E-state index is 11.7. The zero-order valence-corrected chi connectivity index (χ0v) is 11.5. The van der Waals surface area contributed by atoms with E-state index in [1.807, 2.05) is 13.0 Å². The van der Waals surface area contributed by atoms with Crippen LogP contribution < -0.4 is 10.6 Å². The number of nitrogens with zero attached hydrogens (tertiary/aromatic N) is 1. The molecule has 1 aromatic carbocycles. The Balaban J connectivity index is 2.59. The molecule has 5 heteroatoms. The van der Waals surface area contributed by atoms with Gasteiger partial charge in [-0.25, -0.2) is 0 Å². The van der Waals surface area contributed by atoms with Gasteiger partial charge >= 0.3 is 0 Å². The van der Waals surface area contributed by atoms with Crippen molar-refractivity contribution in [1.29, 1.82) is 5.26 Å². The number of unbranched alkanes of at least 4 members (excludes halogenated alkanes) is 1. The minimum absolute atomic E-state index is 0.0473. The first-order valence-electron chi connectivity index (χ1n) is 6.08. The summed E-state index contributed by atoms with van der Waals surface area (Å²) in [6.45, 7) is 2.62. The summed E-state index contributed by atoms with van der Waals surface area (Å²) in [5.74, 6) is -0.364. The Kier molecular flexibility index (Phi) is 6.48. The Labute approximate surface area is 118 Å². The molecule has 0 unspecified atom stereocenters. The molecule has 100 valence electrons. The van der Waals surface area contributed by atoms with Crippen LogP contribution in [0.3, 0.4) is 0 Å². The molecule has 0 aromatic heterocycles. The molecule has 0 aliphatic carbocycles. The molecule has 1 amide bonds. The van der Waals surface area contributed by atoms with Gasteiger partial charge in [-0.2, -0.15) is 5.26 Å². The maximum atomic E-state index is 11.7. The summed E-state index contributed by atoms with van der Waals surface area (Å²) in [6, 6.07) is 8.86. The highest BCUT2D eigenvalue weighted by molar-refractivity contribution is 6.30. The first-order chi connectivity index (χ1) is 9.17. The van der Waals surface area contributed by atoms with Crippen LogP contribution in [0.5, 0.6) is 0 Å². The van der Waals surface area contributed by atoms with Gasteiger partial charge in [0.15, 0.2) is 0 Å². The number of benzene rings is 1. The van der Waals surface area contributed by atoms with Gasteiger partial charge in [-0.3, -0.25) is 4.79 Å². The fourth-order valence-electron chi connectivity index (χ4n) is 1.32. The molecule has 0 radical (unpaired) electrons. The zero-order valence-electron chi connectivity index (χ0n) is 10.7. The van der Waals surface area contributed by atoms with E-state index in [0.29, 0.717) is 11.6 Å². The normalized spacial score (nSPS) is 10.7. The third-order valence-corrected chi connectivity index (χ3v) is 2.66. The molecular formula is C14H16ClN3O. The zero-order chi connectivity index (χ0) is 14.1. The van der Waals surface area contributed by atoms with E-state index >= 15 is 0 Å². The van der Waals surface area contributed by atoms with E-state index in [2.05, 4.69) is 10.6 Å². The molecule has 0 saturated carbocycles. The second-order valence-corrected chi connectivity index (χ2v) is 4.37. The molecule has 0 spiro atoms. The van der Waals surface area contributed by atoms with Crippen molar-refractivity contribution in [3.05, 3.63) is 41.1 Å². The summed E-state index contributed by atoms with van der Waals surface area (Å²) in [6.07, 6.45) is 3.29. The number of hydrogen-bond acceptors (Lipinski definition) is 3. The van der Waals surface area contributed by atoms with Crippen LogP contribution in [0.4, 0.5) is 5.69 Å². The van der Waals surface area contributed by atoms with Crippen LogP contribution in [0.25, 0.3) is 0 Å². The number of anilines is 1. The fraction of sp³-hybridized carbons (Fsp3) is 0.286. The summed E-state index contributed by atoms with van der Waals surface area (Å²) in [5, 5.41) is 15.1. The minimum Gasteiger partial charge on any atom is -0.360 e. The smallest absolute Gasteiger partial charge is 0.263 e. The van der Waals surface area contributed by atoms with Crippen molar-refractivity contribution < 1.29 is 4.79 Å². The van der Waals surface area contributed by atoms with E-state index in [1.165, 1.54) is 6.20 Å². The molecule has 0 aliphatic heterocycles. The van der Waals surface area contributed by atoms with E-state index in [4.69, 9.17) is 16.9 Å². The van der Waals surface area contributed by atoms with Crippen molar-refractivity contribution in [2.45, 2.75) is 19.8 Å². The molecule has 4 nitrogen and oxygen atoms in total. The Bertz CT molecular complexity index is 488. The van der Waals surface area contributed by atoms with Crippen molar-refractivity contribution in [2.24, 2.45) is 0 Å². The number of nitrogens with one attached hydrogen (secondary N) is 2.